The van der Waals surface area contributed by atoms with E-state index in [0.717, 1.165) is 0 Å². The van der Waals surface area contributed by atoms with Crippen LogP contribution in [0.15, 0.2) is 0 Å². The first-order valence-electron chi connectivity index (χ1n) is 2.25. The molecule has 0 aliphatic rings. The van der Waals surface area contributed by atoms with E-state index < -0.39 is 0 Å². The molecule has 8 heavy (non-hydrogen) atoms. The average molecular weight is 128 g/mol. The predicted octanol–water partition coefficient (Wildman–Crippen LogP) is 0.942. The second-order valence-corrected chi connectivity index (χ2v) is 2.22. The molecule has 0 rings (SSSR count). The maximum atomic E-state index is 10.5. The van der Waals surface area contributed by atoms with Crippen LogP contribution in [0.25, 0.3) is 0 Å². The Morgan fingerprint density at radius 3 is 2.88 bits per heavy atom. The number of hydrogen-bond donors (Lipinski definition) is 0. The molecule has 0 saturated heterocycles. The van der Waals surface area contributed by atoms with Gasteiger partial charge in [-0.2, -0.15) is 11.8 Å². The van der Waals surface area contributed by atoms with Gasteiger partial charge in [0.2, 0.25) is 0 Å². The number of thioether (sulfide) groups is 1. The van der Waals surface area contributed by atoms with Crippen LogP contribution in [0.2, 0.25) is 0 Å². The van der Waals surface area contributed by atoms with Crippen molar-refractivity contribution in [1.82, 2.24) is 0 Å². The maximum absolute atomic E-state index is 10.5. The number of Topliss-reactive ketones (excluding diaryl/α,β-unsaturated/α-hetero) is 1. The lowest BCUT2D eigenvalue weighted by Crippen LogP contribution is -1.97. The largest absolute Gasteiger partial charge is 0.298 e. The van der Waals surface area contributed by atoms with Crippen molar-refractivity contribution in [3.8, 4) is 12.3 Å². The van der Waals surface area contributed by atoms with Gasteiger partial charge in [0.1, 0.15) is 0 Å². The fraction of sp³-hybridized carbons (Fsp3) is 0.500. The molecule has 0 heterocycles. The summed E-state index contributed by atoms with van der Waals surface area (Å²) in [6.45, 7) is 0. The highest BCUT2D eigenvalue weighted by Crippen LogP contribution is 1.93. The first kappa shape index (κ1) is 7.58. The van der Waals surface area contributed by atoms with Crippen LogP contribution in [0.1, 0.15) is 6.42 Å². The summed E-state index contributed by atoms with van der Waals surface area (Å²) in [4.78, 5) is 10.5. The number of carbonyl (C=O) groups excluding carboxylic acids is 1. The van der Waals surface area contributed by atoms with Crippen molar-refractivity contribution < 1.29 is 4.79 Å². The summed E-state index contributed by atoms with van der Waals surface area (Å²) in [5.41, 5.74) is 0. The first-order chi connectivity index (χ1) is 3.81. The van der Waals surface area contributed by atoms with E-state index in [9.17, 15) is 4.79 Å². The van der Waals surface area contributed by atoms with Crippen molar-refractivity contribution in [2.45, 2.75) is 6.42 Å². The van der Waals surface area contributed by atoms with Crippen molar-refractivity contribution in [3.63, 3.8) is 0 Å². The molecule has 0 aliphatic heterocycles. The topological polar surface area (TPSA) is 17.1 Å². The van der Waals surface area contributed by atoms with Crippen molar-refractivity contribution in [2.24, 2.45) is 0 Å². The molecule has 0 amide bonds. The molecule has 0 bridgehead atoms. The normalized spacial score (nSPS) is 8.00. The molecule has 0 N–H and O–H groups in total. The Morgan fingerprint density at radius 1 is 1.88 bits per heavy atom. The Labute approximate surface area is 53.8 Å². The molecule has 2 heteroatoms. The monoisotopic (exact) mass is 128 g/mol. The fourth-order valence-corrected chi connectivity index (χ4v) is 0.750. The van der Waals surface area contributed by atoms with Gasteiger partial charge in [-0.25, -0.2) is 0 Å². The molecule has 0 saturated carbocycles. The smallest absolute Gasteiger partial charge is 0.154 e. The molecule has 0 atom stereocenters. The standard InChI is InChI=1S/C6H8OS/c1-3-4-6(7)5-8-2/h1H,4-5H2,2H3. The van der Waals surface area contributed by atoms with Crippen LogP contribution < -0.4 is 0 Å². The van der Waals surface area contributed by atoms with Crippen molar-refractivity contribution >= 4 is 17.5 Å². The van der Waals surface area contributed by atoms with E-state index in [1.165, 1.54) is 11.8 Å². The Morgan fingerprint density at radius 2 is 2.50 bits per heavy atom. The summed E-state index contributed by atoms with van der Waals surface area (Å²) < 4.78 is 0. The summed E-state index contributed by atoms with van der Waals surface area (Å²) in [5, 5.41) is 0. The SMILES string of the molecule is C#CCC(=O)CSC. The highest BCUT2D eigenvalue weighted by molar-refractivity contribution is 7.99. The lowest BCUT2D eigenvalue weighted by Gasteiger charge is -1.87. The molecule has 0 aliphatic carbocycles. The van der Waals surface area contributed by atoms with Gasteiger partial charge in [-0.3, -0.25) is 4.79 Å². The molecule has 0 aromatic heterocycles. The van der Waals surface area contributed by atoms with Gasteiger partial charge in [0.05, 0.1) is 12.2 Å². The highest BCUT2D eigenvalue weighted by atomic mass is 32.2. The zero-order chi connectivity index (χ0) is 6.41. The Kier molecular flexibility index (Phi) is 4.48. The molecule has 44 valence electrons. The Hall–Kier alpha value is -0.420. The summed E-state index contributed by atoms with van der Waals surface area (Å²) in [5.74, 6) is 2.97. The zero-order valence-electron chi connectivity index (χ0n) is 4.81. The summed E-state index contributed by atoms with van der Waals surface area (Å²) in [6.07, 6.45) is 7.04. The van der Waals surface area contributed by atoms with E-state index in [1.807, 2.05) is 6.26 Å². The van der Waals surface area contributed by atoms with Crippen molar-refractivity contribution in [1.29, 1.82) is 0 Å². The maximum Gasteiger partial charge on any atom is 0.154 e. The number of terminal acetylenes is 1. The second kappa shape index (κ2) is 4.73. The van der Waals surface area contributed by atoms with Gasteiger partial charge in [-0.05, 0) is 6.26 Å². The molecular formula is C6H8OS. The second-order valence-electron chi connectivity index (χ2n) is 1.35. The zero-order valence-corrected chi connectivity index (χ0v) is 5.62. The number of ketones is 1. The number of carbonyl (C=O) groups is 1. The quantitative estimate of drug-likeness (QED) is 0.526. The van der Waals surface area contributed by atoms with Gasteiger partial charge in [-0.15, -0.1) is 6.42 Å². The molecular weight excluding hydrogens is 120 g/mol. The third-order valence-electron chi connectivity index (χ3n) is 0.605. The minimum absolute atomic E-state index is 0.139. The third kappa shape index (κ3) is 3.76. The molecule has 0 unspecified atom stereocenters. The van der Waals surface area contributed by atoms with Gasteiger partial charge >= 0.3 is 0 Å². The van der Waals surface area contributed by atoms with Gasteiger partial charge < -0.3 is 0 Å². The van der Waals surface area contributed by atoms with Gasteiger partial charge in [-0.1, -0.05) is 5.92 Å². The van der Waals surface area contributed by atoms with E-state index in [0.29, 0.717) is 5.75 Å². The fourth-order valence-electron chi connectivity index (χ4n) is 0.326. The minimum atomic E-state index is 0.139. The van der Waals surface area contributed by atoms with Gasteiger partial charge in [0.15, 0.2) is 5.78 Å². The van der Waals surface area contributed by atoms with Gasteiger partial charge in [0.25, 0.3) is 0 Å². The van der Waals surface area contributed by atoms with Gasteiger partial charge in [0, 0.05) is 0 Å². The molecule has 0 spiro atoms. The number of rotatable bonds is 3. The van der Waals surface area contributed by atoms with Crippen LogP contribution in [-0.2, 0) is 4.79 Å². The molecule has 0 aromatic carbocycles. The lowest BCUT2D eigenvalue weighted by molar-refractivity contribution is -0.115. The lowest BCUT2D eigenvalue weighted by atomic mass is 10.3. The predicted molar refractivity (Wildman–Crippen MR) is 36.8 cm³/mol. The van der Waals surface area contributed by atoms with Crippen LogP contribution in [0, 0.1) is 12.3 Å². The van der Waals surface area contributed by atoms with Crippen LogP contribution in [0.5, 0.6) is 0 Å². The molecule has 0 aromatic rings. The molecule has 0 fully saturated rings. The third-order valence-corrected chi connectivity index (χ3v) is 1.22. The molecule has 1 nitrogen and oxygen atoms in total. The van der Waals surface area contributed by atoms with Crippen LogP contribution >= 0.6 is 11.8 Å². The van der Waals surface area contributed by atoms with E-state index in [1.54, 1.807) is 0 Å². The summed E-state index contributed by atoms with van der Waals surface area (Å²) >= 11 is 1.50. The van der Waals surface area contributed by atoms with E-state index in [-0.39, 0.29) is 12.2 Å². The van der Waals surface area contributed by atoms with Crippen LogP contribution in [-0.4, -0.2) is 17.8 Å². The van der Waals surface area contributed by atoms with E-state index >= 15 is 0 Å². The van der Waals surface area contributed by atoms with E-state index in [2.05, 4.69) is 5.92 Å². The number of hydrogen-bond acceptors (Lipinski definition) is 2. The Bertz CT molecular complexity index is 112. The van der Waals surface area contributed by atoms with Crippen molar-refractivity contribution in [3.05, 3.63) is 0 Å². The summed E-state index contributed by atoms with van der Waals surface area (Å²) in [6, 6.07) is 0. The molecule has 0 radical (unpaired) electrons. The minimum Gasteiger partial charge on any atom is -0.298 e. The average Bonchev–Trinajstić information content (AvgIpc) is 1.68. The van der Waals surface area contributed by atoms with E-state index in [4.69, 9.17) is 6.42 Å². The first-order valence-corrected chi connectivity index (χ1v) is 3.64. The van der Waals surface area contributed by atoms with Crippen LogP contribution in [0.3, 0.4) is 0 Å². The van der Waals surface area contributed by atoms with Crippen LogP contribution in [0.4, 0.5) is 0 Å². The Balaban J connectivity index is 3.23. The van der Waals surface area contributed by atoms with Crippen molar-refractivity contribution in [2.75, 3.05) is 12.0 Å². The highest BCUT2D eigenvalue weighted by Gasteiger charge is 1.94. The summed E-state index contributed by atoms with van der Waals surface area (Å²) in [7, 11) is 0.